The van der Waals surface area contributed by atoms with Gasteiger partial charge in [-0.2, -0.15) is 5.10 Å². The van der Waals surface area contributed by atoms with Crippen LogP contribution in [-0.4, -0.2) is 45.5 Å². The number of carbonyl (C=O) groups excluding carboxylic acids is 1. The third-order valence-electron chi connectivity index (χ3n) is 3.06. The third-order valence-corrected chi connectivity index (χ3v) is 5.12. The Kier molecular flexibility index (Phi) is 8.63. The number of amides is 1. The molecule has 2 aromatic rings. The Morgan fingerprint density at radius 2 is 2.00 bits per heavy atom. The van der Waals surface area contributed by atoms with Crippen LogP contribution in [0.4, 0.5) is 0 Å². The van der Waals surface area contributed by atoms with Crippen LogP contribution < -0.4 is 10.2 Å². The Morgan fingerprint density at radius 1 is 1.32 bits per heavy atom. The highest BCUT2D eigenvalue weighted by Gasteiger charge is 2.11. The molecule has 0 aliphatic heterocycles. The lowest BCUT2D eigenvalue weighted by atomic mass is 10.2. The Labute approximate surface area is 187 Å². The smallest absolute Gasteiger partial charge is 0.341 e. The van der Waals surface area contributed by atoms with Gasteiger partial charge in [0, 0.05) is 20.5 Å². The van der Waals surface area contributed by atoms with Crippen LogP contribution in [0.1, 0.15) is 17.0 Å². The first-order chi connectivity index (χ1) is 13.2. The topological polar surface area (TPSA) is 114 Å². The second-order valence-electron chi connectivity index (χ2n) is 5.50. The van der Waals surface area contributed by atoms with E-state index in [4.69, 9.17) is 9.84 Å². The van der Waals surface area contributed by atoms with E-state index in [2.05, 4.69) is 59.0 Å². The summed E-state index contributed by atoms with van der Waals surface area (Å²) in [6.07, 6.45) is 1.40. The van der Waals surface area contributed by atoms with Crippen molar-refractivity contribution in [3.05, 3.63) is 43.2 Å². The van der Waals surface area contributed by atoms with E-state index >= 15 is 0 Å². The van der Waals surface area contributed by atoms with Gasteiger partial charge in [0.2, 0.25) is 0 Å². The molecule has 0 atom stereocenters. The molecule has 0 aliphatic rings. The van der Waals surface area contributed by atoms with Crippen molar-refractivity contribution in [3.8, 4) is 5.75 Å². The van der Waals surface area contributed by atoms with Crippen molar-refractivity contribution in [2.75, 3.05) is 12.4 Å². The van der Waals surface area contributed by atoms with Gasteiger partial charge >= 0.3 is 5.97 Å². The van der Waals surface area contributed by atoms with Crippen LogP contribution in [0.2, 0.25) is 0 Å². The molecular weight excluding hydrogens is 563 g/mol. The van der Waals surface area contributed by atoms with Crippen molar-refractivity contribution in [3.63, 3.8) is 0 Å². The number of halogens is 2. The molecule has 11 heteroatoms. The first-order valence-corrected chi connectivity index (χ1v) is 10.7. The molecule has 148 valence electrons. The molecule has 1 heterocycles. The van der Waals surface area contributed by atoms with E-state index in [1.807, 2.05) is 19.9 Å². The van der Waals surface area contributed by atoms with Gasteiger partial charge in [0.1, 0.15) is 5.75 Å². The van der Waals surface area contributed by atoms with Gasteiger partial charge in [0.15, 0.2) is 11.8 Å². The third kappa shape index (κ3) is 7.36. The van der Waals surface area contributed by atoms with E-state index in [-0.39, 0.29) is 11.7 Å². The molecule has 2 N–H and O–H groups in total. The van der Waals surface area contributed by atoms with E-state index in [0.717, 1.165) is 15.0 Å². The number of hydrazone groups is 1. The van der Waals surface area contributed by atoms with Gasteiger partial charge in [-0.3, -0.25) is 4.79 Å². The van der Waals surface area contributed by atoms with Crippen LogP contribution >= 0.6 is 50.3 Å². The quantitative estimate of drug-likeness (QED) is 0.163. The van der Waals surface area contributed by atoms with Gasteiger partial charge in [0.05, 0.1) is 16.4 Å². The highest BCUT2D eigenvalue weighted by Crippen LogP contribution is 2.30. The zero-order valence-corrected chi connectivity index (χ0v) is 19.5. The summed E-state index contributed by atoms with van der Waals surface area (Å²) >= 11 is 6.67. The van der Waals surface area contributed by atoms with Crippen LogP contribution in [0, 0.1) is 17.4 Å². The van der Waals surface area contributed by atoms with E-state index in [9.17, 15) is 9.59 Å². The van der Waals surface area contributed by atoms with Crippen LogP contribution in [0.5, 0.6) is 5.75 Å². The van der Waals surface area contributed by atoms with Crippen LogP contribution in [0.25, 0.3) is 0 Å². The number of nitrogens with one attached hydrogen (secondary N) is 1. The molecule has 0 unspecified atom stereocenters. The minimum atomic E-state index is -1.09. The molecule has 28 heavy (non-hydrogen) atoms. The molecular formula is C17H16BrIN4O4S. The number of aryl methyl sites for hydroxylation is 2. The fourth-order valence-corrected chi connectivity index (χ4v) is 4.46. The Morgan fingerprint density at radius 3 is 2.64 bits per heavy atom. The maximum atomic E-state index is 12.0. The largest absolute Gasteiger partial charge is 0.480 e. The average molecular weight is 579 g/mol. The van der Waals surface area contributed by atoms with Crippen molar-refractivity contribution in [1.29, 1.82) is 0 Å². The van der Waals surface area contributed by atoms with Gasteiger partial charge in [-0.15, -0.1) is 0 Å². The molecule has 0 radical (unpaired) electrons. The van der Waals surface area contributed by atoms with E-state index in [0.29, 0.717) is 20.9 Å². The first kappa shape index (κ1) is 22.6. The van der Waals surface area contributed by atoms with Gasteiger partial charge in [-0.1, -0.05) is 11.8 Å². The Hall–Kier alpha value is -1.73. The van der Waals surface area contributed by atoms with E-state index in [1.54, 1.807) is 12.1 Å². The summed E-state index contributed by atoms with van der Waals surface area (Å²) in [5.41, 5.74) is 4.64. The summed E-state index contributed by atoms with van der Waals surface area (Å²) in [6.45, 7) is 3.25. The summed E-state index contributed by atoms with van der Waals surface area (Å²) in [5, 5.41) is 13.3. The number of nitrogens with zero attached hydrogens (tertiary/aromatic N) is 3. The standard InChI is InChI=1S/C17H16BrIN4O4S/c1-9-3-10(2)22-17(21-9)28-8-14(24)23-20-6-11-4-12(19)5-13(18)16(11)27-7-15(25)26/h3-6H,7-8H2,1-2H3,(H,23,24)(H,25,26)/b20-6-. The van der Waals surface area contributed by atoms with Crippen LogP contribution in [0.15, 0.2) is 32.9 Å². The normalized spacial score (nSPS) is 10.9. The number of benzene rings is 1. The number of hydrogen-bond acceptors (Lipinski definition) is 7. The molecule has 2 rings (SSSR count). The molecule has 1 aromatic heterocycles. The molecule has 0 saturated carbocycles. The number of carbonyl (C=O) groups is 2. The van der Waals surface area contributed by atoms with Gasteiger partial charge in [-0.05, 0) is 70.6 Å². The number of aliphatic carboxylic acids is 1. The summed E-state index contributed by atoms with van der Waals surface area (Å²) in [5.74, 6) is -0.966. The Balaban J connectivity index is 1.99. The zero-order valence-electron chi connectivity index (χ0n) is 14.9. The van der Waals surface area contributed by atoms with Crippen molar-refractivity contribution in [2.24, 2.45) is 5.10 Å². The predicted octanol–water partition coefficient (Wildman–Crippen LogP) is 3.17. The number of thioether (sulfide) groups is 1. The molecule has 1 amide bonds. The van der Waals surface area contributed by atoms with E-state index in [1.165, 1.54) is 18.0 Å². The zero-order chi connectivity index (χ0) is 20.7. The van der Waals surface area contributed by atoms with Crippen LogP contribution in [-0.2, 0) is 9.59 Å². The lowest BCUT2D eigenvalue weighted by molar-refractivity contribution is -0.139. The van der Waals surface area contributed by atoms with Crippen molar-refractivity contribution < 1.29 is 19.4 Å². The van der Waals surface area contributed by atoms with Crippen molar-refractivity contribution >= 4 is 68.4 Å². The fraction of sp³-hybridized carbons (Fsp3) is 0.235. The molecule has 0 aliphatic carbocycles. The van der Waals surface area contributed by atoms with E-state index < -0.39 is 12.6 Å². The fourth-order valence-electron chi connectivity index (χ4n) is 2.06. The SMILES string of the molecule is Cc1cc(C)nc(SCC(=O)N/N=C\c2cc(I)cc(Br)c2OCC(=O)O)n1. The minimum Gasteiger partial charge on any atom is -0.480 e. The highest BCUT2D eigenvalue weighted by molar-refractivity contribution is 14.1. The lowest BCUT2D eigenvalue weighted by Crippen LogP contribution is -2.20. The number of rotatable bonds is 8. The molecule has 0 spiro atoms. The maximum Gasteiger partial charge on any atom is 0.341 e. The predicted molar refractivity (Wildman–Crippen MR) is 118 cm³/mol. The average Bonchev–Trinajstić information content (AvgIpc) is 2.58. The number of ether oxygens (including phenoxy) is 1. The molecule has 1 aromatic carbocycles. The summed E-state index contributed by atoms with van der Waals surface area (Å²) in [4.78, 5) is 31.3. The minimum absolute atomic E-state index is 0.110. The lowest BCUT2D eigenvalue weighted by Gasteiger charge is -2.10. The van der Waals surface area contributed by atoms with Gasteiger partial charge in [0.25, 0.3) is 5.91 Å². The van der Waals surface area contributed by atoms with Crippen molar-refractivity contribution in [1.82, 2.24) is 15.4 Å². The summed E-state index contributed by atoms with van der Waals surface area (Å²) in [6, 6.07) is 5.40. The first-order valence-electron chi connectivity index (χ1n) is 7.85. The number of aromatic nitrogens is 2. The van der Waals surface area contributed by atoms with Crippen LogP contribution in [0.3, 0.4) is 0 Å². The number of hydrogen-bond donors (Lipinski definition) is 2. The number of carboxylic acids is 1. The maximum absolute atomic E-state index is 12.0. The van der Waals surface area contributed by atoms with Gasteiger partial charge < -0.3 is 9.84 Å². The summed E-state index contributed by atoms with van der Waals surface area (Å²) < 4.78 is 6.78. The highest BCUT2D eigenvalue weighted by atomic mass is 127. The monoisotopic (exact) mass is 578 g/mol. The molecule has 0 saturated heterocycles. The molecule has 0 fully saturated rings. The summed E-state index contributed by atoms with van der Waals surface area (Å²) in [7, 11) is 0. The number of carboxylic acid groups (broad SMARTS) is 1. The second kappa shape index (κ2) is 10.7. The second-order valence-corrected chi connectivity index (χ2v) is 8.55. The van der Waals surface area contributed by atoms with Crippen molar-refractivity contribution in [2.45, 2.75) is 19.0 Å². The molecule has 0 bridgehead atoms. The Bertz CT molecular complexity index is 906. The van der Waals surface area contributed by atoms with Gasteiger partial charge in [-0.25, -0.2) is 20.2 Å². The molecule has 8 nitrogen and oxygen atoms in total.